The van der Waals surface area contributed by atoms with Crippen LogP contribution in [-0.4, -0.2) is 65.0 Å². The van der Waals surface area contributed by atoms with Gasteiger partial charge < -0.3 is 29.8 Å². The van der Waals surface area contributed by atoms with E-state index in [4.69, 9.17) is 19.6 Å². The minimum absolute atomic E-state index is 0.0364. The smallest absolute Gasteiger partial charge is 0.404 e. The van der Waals surface area contributed by atoms with E-state index in [9.17, 15) is 9.59 Å². The number of nitrogens with zero attached hydrogens (tertiary/aromatic N) is 3. The molecule has 0 radical (unpaired) electrons. The van der Waals surface area contributed by atoms with E-state index in [-0.39, 0.29) is 24.7 Å². The Balaban J connectivity index is 1.49. The number of hydrogen-bond donors (Lipinski definition) is 3. The molecule has 0 bridgehead atoms. The number of fused-ring (bicyclic) bond motifs is 1. The number of carboxylic acid groups (broad SMARTS) is 1. The minimum Gasteiger partial charge on any atom is -0.493 e. The monoisotopic (exact) mass is 607 g/mol. The molecule has 3 aromatic rings. The highest BCUT2D eigenvalue weighted by molar-refractivity contribution is 6.76. The molecule has 2 fully saturated rings. The van der Waals surface area contributed by atoms with Crippen LogP contribution in [-0.2, 0) is 11.5 Å². The molecule has 11 heteroatoms. The maximum Gasteiger partial charge on any atom is 0.404 e. The molecule has 1 aromatic carbocycles. The van der Waals surface area contributed by atoms with Crippen LogP contribution in [0.25, 0.3) is 22.3 Å². The highest BCUT2D eigenvalue weighted by Gasteiger charge is 2.29. The van der Waals surface area contributed by atoms with Crippen molar-refractivity contribution in [2.75, 3.05) is 13.2 Å². The normalized spacial score (nSPS) is 18.9. The fraction of sp³-hybridized carbons (Fsp3) is 0.562. The Bertz CT molecular complexity index is 1470. The number of benzene rings is 1. The molecule has 2 aromatic heterocycles. The number of rotatable bonds is 12. The Morgan fingerprint density at radius 3 is 2.37 bits per heavy atom. The first-order chi connectivity index (χ1) is 20.5. The summed E-state index contributed by atoms with van der Waals surface area (Å²) in [5, 5.41) is 14.8. The second-order valence-electron chi connectivity index (χ2n) is 13.4. The first-order valence-electron chi connectivity index (χ1n) is 15.5. The van der Waals surface area contributed by atoms with Crippen LogP contribution >= 0.6 is 0 Å². The molecule has 0 atom stereocenters. The maximum absolute atomic E-state index is 13.9. The van der Waals surface area contributed by atoms with Crippen LogP contribution in [0.1, 0.15) is 60.1 Å². The van der Waals surface area contributed by atoms with Gasteiger partial charge in [-0.1, -0.05) is 31.3 Å². The van der Waals surface area contributed by atoms with Crippen LogP contribution < -0.4 is 15.4 Å². The number of nitrogens with one attached hydrogen (secondary N) is 2. The molecule has 0 aliphatic heterocycles. The van der Waals surface area contributed by atoms with Gasteiger partial charge in [0.15, 0.2) is 0 Å². The Labute approximate surface area is 254 Å². The van der Waals surface area contributed by atoms with Crippen molar-refractivity contribution < 1.29 is 24.2 Å². The molecule has 0 saturated heterocycles. The molecule has 3 N–H and O–H groups in total. The second-order valence-corrected chi connectivity index (χ2v) is 19.0. The standard InChI is InChI=1S/C32H45N5O5Si/c1-20-6-13-26(42-17-22-7-8-22)25(16-20)28-30-29(34-18-33-28)27(21(2)37(30)19-41-14-15-43(3,4)5)31(38)35-23-9-11-24(12-10-23)36-32(39)40/h6,13,16,18,22-24,36H,7-12,14-15,17,19H2,1-5H3,(H,35,38)(H,39,40). The van der Waals surface area contributed by atoms with Gasteiger partial charge in [0.2, 0.25) is 0 Å². The van der Waals surface area contributed by atoms with Crippen molar-refractivity contribution in [3.63, 3.8) is 0 Å². The van der Waals surface area contributed by atoms with Crippen LogP contribution in [0.4, 0.5) is 4.79 Å². The maximum atomic E-state index is 13.9. The number of aromatic nitrogens is 3. The zero-order valence-electron chi connectivity index (χ0n) is 26.0. The lowest BCUT2D eigenvalue weighted by atomic mass is 9.91. The van der Waals surface area contributed by atoms with Gasteiger partial charge in [-0.15, -0.1) is 0 Å². The van der Waals surface area contributed by atoms with Gasteiger partial charge in [0.1, 0.15) is 30.0 Å². The predicted octanol–water partition coefficient (Wildman–Crippen LogP) is 6.12. The van der Waals surface area contributed by atoms with Crippen LogP contribution in [0.15, 0.2) is 24.5 Å². The third-order valence-corrected chi connectivity index (χ3v) is 10.2. The Morgan fingerprint density at radius 1 is 1.02 bits per heavy atom. The summed E-state index contributed by atoms with van der Waals surface area (Å²) in [7, 11) is -1.28. The molecule has 2 amide bonds. The third-order valence-electron chi connectivity index (χ3n) is 8.49. The van der Waals surface area contributed by atoms with Crippen LogP contribution in [0.5, 0.6) is 5.75 Å². The van der Waals surface area contributed by atoms with Gasteiger partial charge in [-0.3, -0.25) is 4.79 Å². The molecule has 2 saturated carbocycles. The lowest BCUT2D eigenvalue weighted by Crippen LogP contribution is -2.43. The van der Waals surface area contributed by atoms with Gasteiger partial charge in [-0.25, -0.2) is 14.8 Å². The third kappa shape index (κ3) is 7.75. The molecule has 232 valence electrons. The van der Waals surface area contributed by atoms with Crippen LogP contribution in [0.2, 0.25) is 25.7 Å². The number of amides is 2. The Kier molecular flexibility index (Phi) is 9.41. The summed E-state index contributed by atoms with van der Waals surface area (Å²) >= 11 is 0. The molecule has 43 heavy (non-hydrogen) atoms. The van der Waals surface area contributed by atoms with E-state index in [0.29, 0.717) is 55.9 Å². The predicted molar refractivity (Wildman–Crippen MR) is 169 cm³/mol. The van der Waals surface area contributed by atoms with E-state index < -0.39 is 14.2 Å². The molecular formula is C32H45N5O5Si. The zero-order valence-corrected chi connectivity index (χ0v) is 27.0. The Morgan fingerprint density at radius 2 is 1.72 bits per heavy atom. The van der Waals surface area contributed by atoms with E-state index in [2.05, 4.69) is 48.2 Å². The highest BCUT2D eigenvalue weighted by atomic mass is 28.3. The van der Waals surface area contributed by atoms with E-state index in [1.54, 1.807) is 0 Å². The summed E-state index contributed by atoms with van der Waals surface area (Å²) in [4.78, 5) is 34.3. The fourth-order valence-electron chi connectivity index (χ4n) is 5.72. The van der Waals surface area contributed by atoms with Crippen LogP contribution in [0, 0.1) is 19.8 Å². The van der Waals surface area contributed by atoms with Crippen LogP contribution in [0.3, 0.4) is 0 Å². The number of carbonyl (C=O) groups excluding carboxylic acids is 1. The number of hydrogen-bond acceptors (Lipinski definition) is 6. The average molecular weight is 608 g/mol. The molecule has 2 aliphatic rings. The number of carbonyl (C=O) groups is 2. The largest absolute Gasteiger partial charge is 0.493 e. The summed E-state index contributed by atoms with van der Waals surface area (Å²) in [5.41, 5.74) is 5.33. The molecular weight excluding hydrogens is 562 g/mol. The molecule has 2 aliphatic carbocycles. The lowest BCUT2D eigenvalue weighted by Gasteiger charge is -2.28. The van der Waals surface area contributed by atoms with E-state index in [0.717, 1.165) is 39.8 Å². The van der Waals surface area contributed by atoms with Gasteiger partial charge in [0, 0.05) is 38.0 Å². The summed E-state index contributed by atoms with van der Waals surface area (Å²) < 4.78 is 14.6. The number of aryl methyl sites for hydroxylation is 1. The van der Waals surface area contributed by atoms with Crippen molar-refractivity contribution in [3.8, 4) is 17.0 Å². The summed E-state index contributed by atoms with van der Waals surface area (Å²) in [6.45, 7) is 12.6. The lowest BCUT2D eigenvalue weighted by molar-refractivity contribution is 0.0877. The Hall–Kier alpha value is -3.44. The van der Waals surface area contributed by atoms with Gasteiger partial charge in [-0.2, -0.15) is 0 Å². The second kappa shape index (κ2) is 13.0. The molecule has 0 unspecified atom stereocenters. The van der Waals surface area contributed by atoms with Crippen molar-refractivity contribution in [1.82, 2.24) is 25.2 Å². The van der Waals surface area contributed by atoms with Crippen molar-refractivity contribution in [2.24, 2.45) is 5.92 Å². The summed E-state index contributed by atoms with van der Waals surface area (Å²) in [6, 6.07) is 7.07. The zero-order chi connectivity index (χ0) is 30.7. The summed E-state index contributed by atoms with van der Waals surface area (Å²) in [5.74, 6) is 1.20. The van der Waals surface area contributed by atoms with E-state index >= 15 is 0 Å². The average Bonchev–Trinajstić information content (AvgIpc) is 3.73. The fourth-order valence-corrected chi connectivity index (χ4v) is 6.47. The van der Waals surface area contributed by atoms with Gasteiger partial charge in [0.25, 0.3) is 5.91 Å². The molecule has 5 rings (SSSR count). The topological polar surface area (TPSA) is 128 Å². The van der Waals surface area contributed by atoms with Crippen molar-refractivity contribution in [2.45, 2.75) is 96.9 Å². The number of ether oxygens (including phenoxy) is 2. The van der Waals surface area contributed by atoms with Crippen molar-refractivity contribution in [3.05, 3.63) is 41.3 Å². The quantitative estimate of drug-likeness (QED) is 0.167. The first-order valence-corrected chi connectivity index (χ1v) is 19.2. The van der Waals surface area contributed by atoms with E-state index in [1.807, 2.05) is 23.6 Å². The highest BCUT2D eigenvalue weighted by Crippen LogP contribution is 2.38. The van der Waals surface area contributed by atoms with Gasteiger partial charge in [0.05, 0.1) is 17.7 Å². The van der Waals surface area contributed by atoms with Gasteiger partial charge >= 0.3 is 6.09 Å². The summed E-state index contributed by atoms with van der Waals surface area (Å²) in [6.07, 6.45) is 5.71. The minimum atomic E-state index is -1.28. The molecule has 2 heterocycles. The van der Waals surface area contributed by atoms with Crippen molar-refractivity contribution in [1.29, 1.82) is 0 Å². The van der Waals surface area contributed by atoms with Gasteiger partial charge in [-0.05, 0) is 76.5 Å². The SMILES string of the molecule is Cc1ccc(OCC2CC2)c(-c2ncnc3c(C(=O)NC4CCC(NC(=O)O)CC4)c(C)n(COCC[Si](C)(C)C)c23)c1. The first kappa shape index (κ1) is 31.0. The van der Waals surface area contributed by atoms with E-state index in [1.165, 1.54) is 19.2 Å². The molecule has 0 spiro atoms. The molecule has 10 nitrogen and oxygen atoms in total. The van der Waals surface area contributed by atoms with Crippen molar-refractivity contribution >= 4 is 31.1 Å².